The highest BCUT2D eigenvalue weighted by Crippen LogP contribution is 2.38. The predicted octanol–water partition coefficient (Wildman–Crippen LogP) is 4.83. The first-order chi connectivity index (χ1) is 17.2. The maximum atomic E-state index is 13.2. The molecule has 1 amide bonds. The highest BCUT2D eigenvalue weighted by Gasteiger charge is 2.40. The Morgan fingerprint density at radius 2 is 1.43 bits per heavy atom. The molecule has 1 saturated heterocycles. The molecule has 37 heavy (non-hydrogen) atoms. The summed E-state index contributed by atoms with van der Waals surface area (Å²) in [4.78, 5) is 13.4. The number of benzene rings is 2. The Hall–Kier alpha value is -3.39. The maximum Gasteiger partial charge on any atom is 0.416 e. The Morgan fingerprint density at radius 1 is 0.892 bits per heavy atom. The monoisotopic (exact) mass is 547 g/mol. The first-order valence-electron chi connectivity index (χ1n) is 10.8. The highest BCUT2D eigenvalue weighted by atomic mass is 32.2. The van der Waals surface area contributed by atoms with E-state index in [0.29, 0.717) is 11.3 Å². The summed E-state index contributed by atoms with van der Waals surface area (Å²) in [5.41, 5.74) is -2.37. The third-order valence-corrected chi connectivity index (χ3v) is 7.73. The van der Waals surface area contributed by atoms with Crippen LogP contribution in [0.25, 0.3) is 11.3 Å². The smallest absolute Gasteiger partial charge is 0.360 e. The van der Waals surface area contributed by atoms with Gasteiger partial charge in [0.25, 0.3) is 5.91 Å². The number of carbonyl (C=O) groups excluding carboxylic acids is 1. The van der Waals surface area contributed by atoms with Crippen LogP contribution in [0, 0.1) is 6.92 Å². The zero-order valence-electron chi connectivity index (χ0n) is 19.1. The standard InChI is InChI=1S/C23H19F6N3O4S/c1-14-19(20(30-36-14)15-5-3-2-4-6-15)21(33)31-7-9-32(10-8-31)37(34,35)18-12-16(22(24,25)26)11-17(13-18)23(27,28)29/h2-6,11-13H,7-10H2,1H3. The number of alkyl halides is 6. The van der Waals surface area contributed by atoms with E-state index >= 15 is 0 Å². The minimum Gasteiger partial charge on any atom is -0.360 e. The zero-order chi connectivity index (χ0) is 27.2. The number of carbonyl (C=O) groups is 1. The molecule has 198 valence electrons. The molecule has 0 spiro atoms. The first-order valence-corrected chi connectivity index (χ1v) is 12.2. The molecule has 1 aromatic heterocycles. The topological polar surface area (TPSA) is 83.7 Å². The van der Waals surface area contributed by atoms with Gasteiger partial charge in [-0.3, -0.25) is 4.79 Å². The molecule has 0 aliphatic carbocycles. The van der Waals surface area contributed by atoms with Gasteiger partial charge in [-0.1, -0.05) is 35.5 Å². The van der Waals surface area contributed by atoms with Crippen LogP contribution in [0.3, 0.4) is 0 Å². The van der Waals surface area contributed by atoms with E-state index in [2.05, 4.69) is 5.16 Å². The number of hydrogen-bond acceptors (Lipinski definition) is 5. The third-order valence-electron chi connectivity index (χ3n) is 5.85. The summed E-state index contributed by atoms with van der Waals surface area (Å²) < 4.78 is 111. The Kier molecular flexibility index (Phi) is 6.84. The summed E-state index contributed by atoms with van der Waals surface area (Å²) >= 11 is 0. The lowest BCUT2D eigenvalue weighted by molar-refractivity contribution is -0.143. The van der Waals surface area contributed by atoms with Crippen molar-refractivity contribution in [2.75, 3.05) is 26.2 Å². The molecule has 0 saturated carbocycles. The molecule has 1 fully saturated rings. The summed E-state index contributed by atoms with van der Waals surface area (Å²) in [6.07, 6.45) is -10.4. The molecule has 0 bridgehead atoms. The van der Waals surface area contributed by atoms with Crippen LogP contribution in [0.1, 0.15) is 27.2 Å². The minimum atomic E-state index is -5.19. The molecule has 3 aromatic rings. The second kappa shape index (κ2) is 9.49. The normalized spacial score (nSPS) is 15.7. The molecule has 4 rings (SSSR count). The summed E-state index contributed by atoms with van der Waals surface area (Å²) in [5, 5.41) is 3.94. The van der Waals surface area contributed by atoms with Gasteiger partial charge in [-0.25, -0.2) is 8.42 Å². The number of hydrogen-bond donors (Lipinski definition) is 0. The number of nitrogens with zero attached hydrogens (tertiary/aromatic N) is 3. The molecule has 7 nitrogen and oxygen atoms in total. The third kappa shape index (κ3) is 5.34. The van der Waals surface area contributed by atoms with Crippen molar-refractivity contribution in [3.63, 3.8) is 0 Å². The number of aryl methyl sites for hydroxylation is 1. The molecule has 14 heteroatoms. The first kappa shape index (κ1) is 26.7. The van der Waals surface area contributed by atoms with Crippen LogP contribution in [-0.2, 0) is 22.4 Å². The van der Waals surface area contributed by atoms with E-state index in [-0.39, 0.29) is 55.7 Å². The lowest BCUT2D eigenvalue weighted by Gasteiger charge is -2.34. The predicted molar refractivity (Wildman–Crippen MR) is 118 cm³/mol. The molecular weight excluding hydrogens is 528 g/mol. The van der Waals surface area contributed by atoms with E-state index in [1.807, 2.05) is 0 Å². The van der Waals surface area contributed by atoms with Gasteiger partial charge < -0.3 is 9.42 Å². The molecule has 2 aromatic carbocycles. The number of aromatic nitrogens is 1. The van der Waals surface area contributed by atoms with Gasteiger partial charge in [-0.05, 0) is 25.1 Å². The van der Waals surface area contributed by atoms with Crippen molar-refractivity contribution in [2.24, 2.45) is 0 Å². The van der Waals surface area contributed by atoms with Crippen LogP contribution >= 0.6 is 0 Å². The van der Waals surface area contributed by atoms with Crippen molar-refractivity contribution >= 4 is 15.9 Å². The quantitative estimate of drug-likeness (QED) is 0.437. The lowest BCUT2D eigenvalue weighted by atomic mass is 10.0. The summed E-state index contributed by atoms with van der Waals surface area (Å²) in [6.45, 7) is 0.566. The highest BCUT2D eigenvalue weighted by molar-refractivity contribution is 7.89. The Bertz CT molecular complexity index is 1380. The van der Waals surface area contributed by atoms with Gasteiger partial charge in [-0.15, -0.1) is 0 Å². The molecule has 0 N–H and O–H groups in total. The number of piperazine rings is 1. The van der Waals surface area contributed by atoms with Crippen molar-refractivity contribution < 1.29 is 44.1 Å². The molecular formula is C23H19F6N3O4S. The Balaban J connectivity index is 1.57. The van der Waals surface area contributed by atoms with Crippen molar-refractivity contribution in [3.8, 4) is 11.3 Å². The van der Waals surface area contributed by atoms with Crippen LogP contribution in [0.4, 0.5) is 26.3 Å². The van der Waals surface area contributed by atoms with Gasteiger partial charge in [-0.2, -0.15) is 30.6 Å². The fourth-order valence-corrected chi connectivity index (χ4v) is 5.43. The fraction of sp³-hybridized carbons (Fsp3) is 0.304. The number of sulfonamides is 1. The molecule has 1 aliphatic heterocycles. The summed E-state index contributed by atoms with van der Waals surface area (Å²) in [6, 6.07) is 8.93. The van der Waals surface area contributed by atoms with E-state index in [1.165, 1.54) is 4.90 Å². The summed E-state index contributed by atoms with van der Waals surface area (Å²) in [5.74, 6) is -0.254. The average Bonchev–Trinajstić information content (AvgIpc) is 3.24. The fourth-order valence-electron chi connectivity index (χ4n) is 3.93. The van der Waals surface area contributed by atoms with Gasteiger partial charge >= 0.3 is 12.4 Å². The van der Waals surface area contributed by atoms with Gasteiger partial charge in [0, 0.05) is 31.7 Å². The molecule has 1 aliphatic rings. The Morgan fingerprint density at radius 3 is 1.95 bits per heavy atom. The van der Waals surface area contributed by atoms with Crippen molar-refractivity contribution in [3.05, 3.63) is 71.0 Å². The SMILES string of the molecule is Cc1onc(-c2ccccc2)c1C(=O)N1CCN(S(=O)(=O)c2cc(C(F)(F)F)cc(C(F)(F)F)c2)CC1. The van der Waals surface area contributed by atoms with E-state index in [9.17, 15) is 39.6 Å². The van der Waals surface area contributed by atoms with Crippen LogP contribution < -0.4 is 0 Å². The van der Waals surface area contributed by atoms with Crippen LogP contribution in [0.2, 0.25) is 0 Å². The molecule has 0 atom stereocenters. The van der Waals surface area contributed by atoms with Gasteiger partial charge in [0.1, 0.15) is 17.0 Å². The Labute approximate surface area is 207 Å². The van der Waals surface area contributed by atoms with Crippen LogP contribution in [-0.4, -0.2) is 54.9 Å². The largest absolute Gasteiger partial charge is 0.416 e. The van der Waals surface area contributed by atoms with Crippen molar-refractivity contribution in [2.45, 2.75) is 24.2 Å². The molecule has 0 unspecified atom stereocenters. The van der Waals surface area contributed by atoms with Crippen LogP contribution in [0.15, 0.2) is 57.9 Å². The second-order valence-corrected chi connectivity index (χ2v) is 10.2. The lowest BCUT2D eigenvalue weighted by Crippen LogP contribution is -2.50. The minimum absolute atomic E-state index is 0.138. The number of halogens is 6. The molecule has 0 radical (unpaired) electrons. The average molecular weight is 547 g/mol. The van der Waals surface area contributed by atoms with Crippen molar-refractivity contribution in [1.29, 1.82) is 0 Å². The van der Waals surface area contributed by atoms with E-state index < -0.39 is 44.3 Å². The van der Waals surface area contributed by atoms with E-state index in [4.69, 9.17) is 4.52 Å². The number of amides is 1. The van der Waals surface area contributed by atoms with E-state index in [0.717, 1.165) is 4.31 Å². The van der Waals surface area contributed by atoms with Crippen molar-refractivity contribution in [1.82, 2.24) is 14.4 Å². The summed E-state index contributed by atoms with van der Waals surface area (Å²) in [7, 11) is -4.73. The molecule has 2 heterocycles. The zero-order valence-corrected chi connectivity index (χ0v) is 19.9. The van der Waals surface area contributed by atoms with Gasteiger partial charge in [0.05, 0.1) is 16.0 Å². The van der Waals surface area contributed by atoms with Crippen LogP contribution in [0.5, 0.6) is 0 Å². The van der Waals surface area contributed by atoms with Gasteiger partial charge in [0.15, 0.2) is 0 Å². The number of rotatable bonds is 4. The van der Waals surface area contributed by atoms with Gasteiger partial charge in [0.2, 0.25) is 10.0 Å². The maximum absolute atomic E-state index is 13.2. The second-order valence-electron chi connectivity index (χ2n) is 8.27. The van der Waals surface area contributed by atoms with E-state index in [1.54, 1.807) is 37.3 Å².